The van der Waals surface area contributed by atoms with Crippen LogP contribution in [0.25, 0.3) is 0 Å². The Balaban J connectivity index is 2.76. The summed E-state index contributed by atoms with van der Waals surface area (Å²) in [6.45, 7) is 6.12. The van der Waals surface area contributed by atoms with Gasteiger partial charge in [0.2, 0.25) is 10.0 Å². The minimum absolute atomic E-state index is 0.0220. The Labute approximate surface area is 115 Å². The fourth-order valence-electron chi connectivity index (χ4n) is 1.68. The van der Waals surface area contributed by atoms with E-state index in [4.69, 9.17) is 10.5 Å². The van der Waals surface area contributed by atoms with Gasteiger partial charge in [-0.3, -0.25) is 4.72 Å². The number of anilines is 1. The summed E-state index contributed by atoms with van der Waals surface area (Å²) in [5, 5.41) is 0. The SMILES string of the molecule is Cc1cccc(NS(=O)(=O)CCOC(C)C)c1CN. The minimum Gasteiger partial charge on any atom is -0.378 e. The summed E-state index contributed by atoms with van der Waals surface area (Å²) < 4.78 is 31.7. The smallest absolute Gasteiger partial charge is 0.235 e. The molecular formula is C13H22N2O3S. The van der Waals surface area contributed by atoms with E-state index in [-0.39, 0.29) is 18.5 Å². The maximum Gasteiger partial charge on any atom is 0.235 e. The standard InChI is InChI=1S/C13H22N2O3S/c1-10(2)18-7-8-19(16,17)15-13-6-4-5-11(3)12(13)9-14/h4-6,10,15H,7-9,14H2,1-3H3. The van der Waals surface area contributed by atoms with Crippen LogP contribution in [0.5, 0.6) is 0 Å². The molecule has 6 heteroatoms. The Hall–Kier alpha value is -1.11. The first-order valence-corrected chi connectivity index (χ1v) is 7.91. The number of hydrogen-bond donors (Lipinski definition) is 2. The van der Waals surface area contributed by atoms with Crippen molar-refractivity contribution in [3.63, 3.8) is 0 Å². The van der Waals surface area contributed by atoms with Gasteiger partial charge in [0, 0.05) is 6.54 Å². The molecular weight excluding hydrogens is 264 g/mol. The summed E-state index contributed by atoms with van der Waals surface area (Å²) in [5.41, 5.74) is 7.99. The van der Waals surface area contributed by atoms with Gasteiger partial charge in [0.05, 0.1) is 24.2 Å². The molecule has 3 N–H and O–H groups in total. The van der Waals surface area contributed by atoms with Crippen molar-refractivity contribution in [3.05, 3.63) is 29.3 Å². The number of nitrogens with two attached hydrogens (primary N) is 1. The second-order valence-corrected chi connectivity index (χ2v) is 6.49. The molecule has 108 valence electrons. The normalized spacial score (nSPS) is 11.8. The molecule has 1 rings (SSSR count). The largest absolute Gasteiger partial charge is 0.378 e. The van der Waals surface area contributed by atoms with Crippen LogP contribution in [0.15, 0.2) is 18.2 Å². The maximum absolute atomic E-state index is 11.9. The van der Waals surface area contributed by atoms with E-state index in [1.807, 2.05) is 26.8 Å². The lowest BCUT2D eigenvalue weighted by Gasteiger charge is -2.14. The van der Waals surface area contributed by atoms with Crippen molar-refractivity contribution in [2.75, 3.05) is 17.1 Å². The zero-order valence-corrected chi connectivity index (χ0v) is 12.5. The molecule has 0 fully saturated rings. The molecule has 5 nitrogen and oxygen atoms in total. The Bertz CT molecular complexity index is 513. The van der Waals surface area contributed by atoms with Crippen molar-refractivity contribution < 1.29 is 13.2 Å². The van der Waals surface area contributed by atoms with Crippen LogP contribution >= 0.6 is 0 Å². The molecule has 1 aromatic rings. The van der Waals surface area contributed by atoms with Crippen molar-refractivity contribution in [1.82, 2.24) is 0 Å². The highest BCUT2D eigenvalue weighted by molar-refractivity contribution is 7.92. The van der Waals surface area contributed by atoms with Gasteiger partial charge in [-0.05, 0) is 38.0 Å². The van der Waals surface area contributed by atoms with E-state index in [0.29, 0.717) is 12.2 Å². The molecule has 0 aliphatic heterocycles. The molecule has 19 heavy (non-hydrogen) atoms. The third-order valence-electron chi connectivity index (χ3n) is 2.68. The molecule has 0 amide bonds. The number of aryl methyl sites for hydroxylation is 1. The topological polar surface area (TPSA) is 81.4 Å². The predicted molar refractivity (Wildman–Crippen MR) is 77.6 cm³/mol. The fourth-order valence-corrected chi connectivity index (χ4v) is 2.62. The average molecular weight is 286 g/mol. The Kier molecular flexibility index (Phi) is 5.78. The highest BCUT2D eigenvalue weighted by Gasteiger charge is 2.13. The first-order chi connectivity index (χ1) is 8.85. The summed E-state index contributed by atoms with van der Waals surface area (Å²) >= 11 is 0. The molecule has 0 aliphatic rings. The Morgan fingerprint density at radius 1 is 1.37 bits per heavy atom. The third-order valence-corrected chi connectivity index (χ3v) is 3.92. The van der Waals surface area contributed by atoms with Gasteiger partial charge in [-0.1, -0.05) is 12.1 Å². The lowest BCUT2D eigenvalue weighted by molar-refractivity contribution is 0.0913. The molecule has 0 unspecified atom stereocenters. The second-order valence-electron chi connectivity index (χ2n) is 4.65. The van der Waals surface area contributed by atoms with Crippen molar-refractivity contribution in [2.24, 2.45) is 5.73 Å². The number of ether oxygens (including phenoxy) is 1. The Morgan fingerprint density at radius 3 is 2.63 bits per heavy atom. The van der Waals surface area contributed by atoms with Gasteiger partial charge in [0.15, 0.2) is 0 Å². The maximum atomic E-state index is 11.9. The van der Waals surface area contributed by atoms with Crippen molar-refractivity contribution in [3.8, 4) is 0 Å². The first kappa shape index (κ1) is 15.9. The van der Waals surface area contributed by atoms with Crippen LogP contribution < -0.4 is 10.5 Å². The van der Waals surface area contributed by atoms with Gasteiger partial charge in [-0.15, -0.1) is 0 Å². The van der Waals surface area contributed by atoms with Gasteiger partial charge in [-0.25, -0.2) is 8.42 Å². The van der Waals surface area contributed by atoms with Crippen molar-refractivity contribution >= 4 is 15.7 Å². The van der Waals surface area contributed by atoms with Crippen LogP contribution in [0.1, 0.15) is 25.0 Å². The fraction of sp³-hybridized carbons (Fsp3) is 0.538. The Morgan fingerprint density at radius 2 is 2.05 bits per heavy atom. The minimum atomic E-state index is -3.41. The van der Waals surface area contributed by atoms with Crippen molar-refractivity contribution in [2.45, 2.75) is 33.4 Å². The van der Waals surface area contributed by atoms with Crippen LogP contribution in [0.2, 0.25) is 0 Å². The van der Waals surface area contributed by atoms with E-state index >= 15 is 0 Å². The van der Waals surface area contributed by atoms with Crippen LogP contribution in [0.3, 0.4) is 0 Å². The van der Waals surface area contributed by atoms with E-state index < -0.39 is 10.0 Å². The van der Waals surface area contributed by atoms with Gasteiger partial charge in [-0.2, -0.15) is 0 Å². The molecule has 1 aromatic carbocycles. The molecule has 0 spiro atoms. The molecule has 0 atom stereocenters. The second kappa shape index (κ2) is 6.88. The van der Waals surface area contributed by atoms with E-state index in [1.165, 1.54) is 0 Å². The molecule has 0 saturated heterocycles. The monoisotopic (exact) mass is 286 g/mol. The first-order valence-electron chi connectivity index (χ1n) is 6.26. The van der Waals surface area contributed by atoms with Crippen LogP contribution in [-0.2, 0) is 21.3 Å². The molecule has 0 saturated carbocycles. The highest BCUT2D eigenvalue weighted by atomic mass is 32.2. The third kappa shape index (κ3) is 5.18. The van der Waals surface area contributed by atoms with E-state index in [1.54, 1.807) is 12.1 Å². The van der Waals surface area contributed by atoms with Gasteiger partial charge in [0.1, 0.15) is 0 Å². The molecule has 0 radical (unpaired) electrons. The molecule has 0 bridgehead atoms. The summed E-state index contributed by atoms with van der Waals surface area (Å²) in [7, 11) is -3.41. The number of rotatable bonds is 7. The lowest BCUT2D eigenvalue weighted by atomic mass is 10.1. The van der Waals surface area contributed by atoms with Crippen LogP contribution in [-0.4, -0.2) is 26.9 Å². The summed E-state index contributed by atoms with van der Waals surface area (Å²) in [6, 6.07) is 5.43. The lowest BCUT2D eigenvalue weighted by Crippen LogP contribution is -2.22. The molecule has 0 aliphatic carbocycles. The van der Waals surface area contributed by atoms with E-state index in [0.717, 1.165) is 11.1 Å². The number of sulfonamides is 1. The predicted octanol–water partition coefficient (Wildman–Crippen LogP) is 1.62. The zero-order valence-electron chi connectivity index (χ0n) is 11.6. The van der Waals surface area contributed by atoms with Gasteiger partial charge in [0.25, 0.3) is 0 Å². The van der Waals surface area contributed by atoms with Gasteiger partial charge < -0.3 is 10.5 Å². The summed E-state index contributed by atoms with van der Waals surface area (Å²) in [5.74, 6) is -0.0663. The average Bonchev–Trinajstić information content (AvgIpc) is 2.27. The van der Waals surface area contributed by atoms with E-state index in [9.17, 15) is 8.42 Å². The number of hydrogen-bond acceptors (Lipinski definition) is 4. The van der Waals surface area contributed by atoms with Crippen LogP contribution in [0, 0.1) is 6.92 Å². The molecule has 0 aromatic heterocycles. The highest BCUT2D eigenvalue weighted by Crippen LogP contribution is 2.20. The number of benzene rings is 1. The van der Waals surface area contributed by atoms with E-state index in [2.05, 4.69) is 4.72 Å². The number of nitrogens with one attached hydrogen (secondary N) is 1. The molecule has 0 heterocycles. The van der Waals surface area contributed by atoms with Crippen LogP contribution in [0.4, 0.5) is 5.69 Å². The van der Waals surface area contributed by atoms with Crippen molar-refractivity contribution in [1.29, 1.82) is 0 Å². The zero-order chi connectivity index (χ0) is 14.5. The summed E-state index contributed by atoms with van der Waals surface area (Å²) in [6.07, 6.45) is 0.0220. The van der Waals surface area contributed by atoms with Gasteiger partial charge >= 0.3 is 0 Å². The summed E-state index contributed by atoms with van der Waals surface area (Å²) in [4.78, 5) is 0. The quantitative estimate of drug-likeness (QED) is 0.798.